The van der Waals surface area contributed by atoms with Crippen molar-refractivity contribution >= 4 is 29.2 Å². The highest BCUT2D eigenvalue weighted by atomic mass is 35.5. The molecule has 6 heteroatoms. The molecule has 110 valence electrons. The quantitative estimate of drug-likeness (QED) is 0.722. The van der Waals surface area contributed by atoms with Crippen LogP contribution in [0.4, 0.5) is 5.69 Å². The Morgan fingerprint density at radius 2 is 2.10 bits per heavy atom. The van der Waals surface area contributed by atoms with Crippen LogP contribution in [0.25, 0.3) is 0 Å². The highest BCUT2D eigenvalue weighted by Crippen LogP contribution is 2.22. The molecule has 1 aromatic carbocycles. The Kier molecular flexibility index (Phi) is 6.48. The fraction of sp³-hybridized carbons (Fsp3) is 0.429. The van der Waals surface area contributed by atoms with Gasteiger partial charge in [0.2, 0.25) is 5.91 Å². The van der Waals surface area contributed by atoms with Crippen molar-refractivity contribution in [3.05, 3.63) is 28.8 Å². The number of hydrogen-bond donors (Lipinski definition) is 3. The number of amides is 1. The predicted octanol–water partition coefficient (Wildman–Crippen LogP) is 2.43. The summed E-state index contributed by atoms with van der Waals surface area (Å²) in [6, 6.07) is 4.60. The molecule has 0 aliphatic heterocycles. The molecular formula is C14H19ClN2O3. The zero-order chi connectivity index (χ0) is 15.1. The van der Waals surface area contributed by atoms with Gasteiger partial charge >= 0.3 is 5.97 Å². The van der Waals surface area contributed by atoms with Crippen LogP contribution in [0, 0.1) is 6.92 Å². The molecule has 5 nitrogen and oxygen atoms in total. The molecule has 1 rings (SSSR count). The maximum atomic E-state index is 11.8. The lowest BCUT2D eigenvalue weighted by molar-refractivity contribution is -0.139. The lowest BCUT2D eigenvalue weighted by Gasteiger charge is -2.13. The van der Waals surface area contributed by atoms with Gasteiger partial charge in [-0.2, -0.15) is 0 Å². The summed E-state index contributed by atoms with van der Waals surface area (Å²) in [5, 5.41) is 14.8. The second kappa shape index (κ2) is 7.87. The summed E-state index contributed by atoms with van der Waals surface area (Å²) in [5.41, 5.74) is 1.52. The monoisotopic (exact) mass is 298 g/mol. The number of aryl methyl sites for hydroxylation is 1. The molecular weight excluding hydrogens is 280 g/mol. The van der Waals surface area contributed by atoms with E-state index in [4.69, 9.17) is 16.7 Å². The van der Waals surface area contributed by atoms with Gasteiger partial charge in [0.05, 0.1) is 17.3 Å². The van der Waals surface area contributed by atoms with E-state index in [1.807, 2.05) is 19.9 Å². The van der Waals surface area contributed by atoms with Crippen molar-refractivity contribution in [3.8, 4) is 0 Å². The van der Waals surface area contributed by atoms with E-state index in [1.165, 1.54) is 0 Å². The zero-order valence-corrected chi connectivity index (χ0v) is 12.3. The molecule has 20 heavy (non-hydrogen) atoms. The Bertz CT molecular complexity index is 491. The van der Waals surface area contributed by atoms with E-state index in [1.54, 1.807) is 12.1 Å². The molecule has 0 spiro atoms. The maximum Gasteiger partial charge on any atom is 0.320 e. The van der Waals surface area contributed by atoms with Crippen LogP contribution in [-0.2, 0) is 9.59 Å². The minimum atomic E-state index is -0.951. The van der Waals surface area contributed by atoms with Crippen molar-refractivity contribution in [3.63, 3.8) is 0 Å². The van der Waals surface area contributed by atoms with Crippen LogP contribution < -0.4 is 10.6 Å². The molecule has 3 N–H and O–H groups in total. The smallest absolute Gasteiger partial charge is 0.320 e. The summed E-state index contributed by atoms with van der Waals surface area (Å²) >= 11 is 6.01. The lowest BCUT2D eigenvalue weighted by Crippen LogP contribution is -2.41. The molecule has 1 unspecified atom stereocenters. The Morgan fingerprint density at radius 3 is 2.65 bits per heavy atom. The summed E-state index contributed by atoms with van der Waals surface area (Å²) < 4.78 is 0. The molecule has 0 heterocycles. The third kappa shape index (κ3) is 5.19. The second-order valence-corrected chi connectivity index (χ2v) is 5.00. The lowest BCUT2D eigenvalue weighted by atomic mass is 10.1. The van der Waals surface area contributed by atoms with Gasteiger partial charge < -0.3 is 10.4 Å². The summed E-state index contributed by atoms with van der Waals surface area (Å²) in [5.74, 6) is -1.27. The van der Waals surface area contributed by atoms with Gasteiger partial charge in [0.15, 0.2) is 0 Å². The number of halogens is 1. The maximum absolute atomic E-state index is 11.8. The standard InChI is InChI=1S/C14H19ClN2O3/c1-3-4-12(14(19)20)16-8-13(18)17-11-6-5-9(2)7-10(11)15/h5-7,12,16H,3-4,8H2,1-2H3,(H,17,18)(H,19,20). The molecule has 0 fully saturated rings. The van der Waals surface area contributed by atoms with E-state index in [0.29, 0.717) is 17.1 Å². The van der Waals surface area contributed by atoms with Crippen LogP contribution in [0.5, 0.6) is 0 Å². The van der Waals surface area contributed by atoms with Crippen LogP contribution in [0.3, 0.4) is 0 Å². The van der Waals surface area contributed by atoms with Crippen molar-refractivity contribution < 1.29 is 14.7 Å². The van der Waals surface area contributed by atoms with Crippen molar-refractivity contribution in [1.29, 1.82) is 0 Å². The number of rotatable bonds is 7. The first-order valence-corrected chi connectivity index (χ1v) is 6.84. The summed E-state index contributed by atoms with van der Waals surface area (Å²) in [7, 11) is 0. The molecule has 0 aliphatic carbocycles. The number of nitrogens with one attached hydrogen (secondary N) is 2. The van der Waals surface area contributed by atoms with Crippen molar-refractivity contribution in [2.45, 2.75) is 32.7 Å². The first-order valence-electron chi connectivity index (χ1n) is 6.46. The largest absolute Gasteiger partial charge is 0.480 e. The predicted molar refractivity (Wildman–Crippen MR) is 79.2 cm³/mol. The highest BCUT2D eigenvalue weighted by Gasteiger charge is 2.16. The average Bonchev–Trinajstić information content (AvgIpc) is 2.37. The molecule has 1 amide bonds. The van der Waals surface area contributed by atoms with Gasteiger partial charge in [-0.15, -0.1) is 0 Å². The first-order chi connectivity index (χ1) is 9.43. The fourth-order valence-corrected chi connectivity index (χ4v) is 2.02. The van der Waals surface area contributed by atoms with Crippen LogP contribution in [0.1, 0.15) is 25.3 Å². The van der Waals surface area contributed by atoms with E-state index >= 15 is 0 Å². The van der Waals surface area contributed by atoms with Crippen molar-refractivity contribution in [2.24, 2.45) is 0 Å². The first kappa shape index (κ1) is 16.5. The molecule has 0 aromatic heterocycles. The Labute approximate surface area is 123 Å². The van der Waals surface area contributed by atoms with Gasteiger partial charge in [0.1, 0.15) is 6.04 Å². The number of carbonyl (C=O) groups excluding carboxylic acids is 1. The van der Waals surface area contributed by atoms with Gasteiger partial charge in [0.25, 0.3) is 0 Å². The zero-order valence-electron chi connectivity index (χ0n) is 11.6. The molecule has 0 bridgehead atoms. The SMILES string of the molecule is CCCC(NCC(=O)Nc1ccc(C)cc1Cl)C(=O)O. The van der Waals surface area contributed by atoms with E-state index in [2.05, 4.69) is 10.6 Å². The van der Waals surface area contributed by atoms with Crippen LogP contribution in [0.15, 0.2) is 18.2 Å². The van der Waals surface area contributed by atoms with Gasteiger partial charge in [0, 0.05) is 0 Å². The third-order valence-electron chi connectivity index (χ3n) is 2.78. The summed E-state index contributed by atoms with van der Waals surface area (Å²) in [6.45, 7) is 3.73. The van der Waals surface area contributed by atoms with Gasteiger partial charge in [-0.1, -0.05) is 31.0 Å². The summed E-state index contributed by atoms with van der Waals surface area (Å²) in [4.78, 5) is 22.7. The number of anilines is 1. The van der Waals surface area contributed by atoms with E-state index in [-0.39, 0.29) is 12.5 Å². The normalized spacial score (nSPS) is 11.9. The molecule has 0 aliphatic rings. The third-order valence-corrected chi connectivity index (χ3v) is 3.10. The Hall–Kier alpha value is -1.59. The van der Waals surface area contributed by atoms with Gasteiger partial charge in [-0.25, -0.2) is 0 Å². The average molecular weight is 299 g/mol. The van der Waals surface area contributed by atoms with Crippen LogP contribution in [0.2, 0.25) is 5.02 Å². The van der Waals surface area contributed by atoms with Crippen LogP contribution >= 0.6 is 11.6 Å². The molecule has 0 saturated carbocycles. The highest BCUT2D eigenvalue weighted by molar-refractivity contribution is 6.33. The minimum absolute atomic E-state index is 0.0683. The Balaban J connectivity index is 2.53. The number of carboxylic acids is 1. The molecule has 0 saturated heterocycles. The molecule has 1 aromatic rings. The molecule has 0 radical (unpaired) electrons. The van der Waals surface area contributed by atoms with Crippen molar-refractivity contribution in [2.75, 3.05) is 11.9 Å². The second-order valence-electron chi connectivity index (χ2n) is 4.59. The number of benzene rings is 1. The van der Waals surface area contributed by atoms with Crippen LogP contribution in [-0.4, -0.2) is 29.6 Å². The number of aliphatic carboxylic acids is 1. The summed E-state index contributed by atoms with van der Waals surface area (Å²) in [6.07, 6.45) is 1.21. The van der Waals surface area contributed by atoms with Gasteiger partial charge in [-0.05, 0) is 31.0 Å². The minimum Gasteiger partial charge on any atom is -0.480 e. The van der Waals surface area contributed by atoms with Gasteiger partial charge in [-0.3, -0.25) is 14.9 Å². The number of hydrogen-bond acceptors (Lipinski definition) is 3. The van der Waals surface area contributed by atoms with Crippen molar-refractivity contribution in [1.82, 2.24) is 5.32 Å². The Morgan fingerprint density at radius 1 is 1.40 bits per heavy atom. The fourth-order valence-electron chi connectivity index (χ4n) is 1.73. The molecule has 1 atom stereocenters. The number of carboxylic acid groups (broad SMARTS) is 1. The topological polar surface area (TPSA) is 78.4 Å². The number of carbonyl (C=O) groups is 2. The van der Waals surface area contributed by atoms with E-state index < -0.39 is 12.0 Å². The van der Waals surface area contributed by atoms with E-state index in [9.17, 15) is 9.59 Å². The van der Waals surface area contributed by atoms with E-state index in [0.717, 1.165) is 12.0 Å².